The van der Waals surface area contributed by atoms with Crippen molar-refractivity contribution in [2.75, 3.05) is 6.61 Å². The summed E-state index contributed by atoms with van der Waals surface area (Å²) in [6.07, 6.45) is 1.78. The molecule has 0 saturated carbocycles. The molecule has 0 amide bonds. The molecule has 42 valence electrons. The van der Waals surface area contributed by atoms with E-state index in [0.717, 1.165) is 12.3 Å². The molecule has 1 atom stereocenters. The van der Waals surface area contributed by atoms with Crippen LogP contribution >= 0.6 is 0 Å². The number of hydrogen-bond donors (Lipinski definition) is 0. The smallest absolute Gasteiger partial charge is 0.126 e. The van der Waals surface area contributed by atoms with E-state index >= 15 is 0 Å². The third kappa shape index (κ3) is 0.518. The van der Waals surface area contributed by atoms with Crippen molar-refractivity contribution >= 4 is 0 Å². The second-order valence-corrected chi connectivity index (χ2v) is 1.75. The van der Waals surface area contributed by atoms with Crippen molar-refractivity contribution in [1.29, 1.82) is 0 Å². The predicted molar refractivity (Wildman–Crippen MR) is 25.2 cm³/mol. The highest BCUT2D eigenvalue weighted by atomic mass is 16.6. The molecule has 0 N–H and O–H groups in total. The highest BCUT2D eigenvalue weighted by Crippen LogP contribution is 2.27. The van der Waals surface area contributed by atoms with Crippen LogP contribution in [0.1, 0.15) is 11.8 Å². The molecule has 1 unspecified atom stereocenters. The molecule has 1 aliphatic rings. The Morgan fingerprint density at radius 3 is 3.12 bits per heavy atom. The lowest BCUT2D eigenvalue weighted by Crippen LogP contribution is -1.75. The molecule has 0 spiro atoms. The van der Waals surface area contributed by atoms with Gasteiger partial charge in [-0.05, 0) is 0 Å². The van der Waals surface area contributed by atoms with Gasteiger partial charge >= 0.3 is 0 Å². The van der Waals surface area contributed by atoms with Crippen LogP contribution in [0.4, 0.5) is 0 Å². The van der Waals surface area contributed by atoms with Gasteiger partial charge in [-0.1, -0.05) is 5.16 Å². The second kappa shape index (κ2) is 1.32. The number of aromatic nitrogens is 1. The maximum absolute atomic E-state index is 4.93. The maximum Gasteiger partial charge on any atom is 0.126 e. The zero-order chi connectivity index (χ0) is 5.40. The van der Waals surface area contributed by atoms with Gasteiger partial charge in [-0.25, -0.2) is 0 Å². The summed E-state index contributed by atoms with van der Waals surface area (Å²) in [7, 11) is 0. The van der Waals surface area contributed by atoms with Crippen molar-refractivity contribution in [2.24, 2.45) is 0 Å². The molecular formula is C5H5NO2. The molecule has 0 radical (unpaired) electrons. The van der Waals surface area contributed by atoms with Crippen LogP contribution in [0.25, 0.3) is 0 Å². The number of epoxide rings is 1. The van der Waals surface area contributed by atoms with Crippen LogP contribution in [-0.4, -0.2) is 11.8 Å². The van der Waals surface area contributed by atoms with Crippen LogP contribution in [0.3, 0.4) is 0 Å². The number of hydrogen-bond acceptors (Lipinski definition) is 3. The van der Waals surface area contributed by atoms with Gasteiger partial charge in [0.15, 0.2) is 0 Å². The van der Waals surface area contributed by atoms with Gasteiger partial charge in [-0.15, -0.1) is 0 Å². The molecule has 3 nitrogen and oxygen atoms in total. The molecule has 1 aromatic rings. The van der Waals surface area contributed by atoms with Gasteiger partial charge in [-0.2, -0.15) is 0 Å². The molecule has 0 bridgehead atoms. The fourth-order valence-corrected chi connectivity index (χ4v) is 0.607. The van der Waals surface area contributed by atoms with Crippen molar-refractivity contribution in [3.05, 3.63) is 18.0 Å². The molecule has 1 saturated heterocycles. The Morgan fingerprint density at radius 2 is 2.62 bits per heavy atom. The van der Waals surface area contributed by atoms with Gasteiger partial charge in [0.25, 0.3) is 0 Å². The summed E-state index contributed by atoms with van der Waals surface area (Å²) in [6.45, 7) is 0.798. The third-order valence-corrected chi connectivity index (χ3v) is 1.12. The Bertz CT molecular complexity index is 167. The monoisotopic (exact) mass is 111 g/mol. The molecule has 8 heavy (non-hydrogen) atoms. The van der Waals surface area contributed by atoms with Crippen molar-refractivity contribution < 1.29 is 9.26 Å². The summed E-state index contributed by atoms with van der Waals surface area (Å²) < 4.78 is 9.52. The summed E-state index contributed by atoms with van der Waals surface area (Å²) in [5.41, 5.74) is 0.907. The van der Waals surface area contributed by atoms with Crippen LogP contribution < -0.4 is 0 Å². The normalized spacial score (nSPS) is 25.8. The standard InChI is InChI=1S/C5H5NO2/c1-2-8-6-4(1)5-3-7-5/h1-2,5H,3H2. The second-order valence-electron chi connectivity index (χ2n) is 1.75. The number of rotatable bonds is 1. The van der Waals surface area contributed by atoms with E-state index in [1.54, 1.807) is 6.26 Å². The van der Waals surface area contributed by atoms with Gasteiger partial charge in [0.1, 0.15) is 18.1 Å². The van der Waals surface area contributed by atoms with Crippen LogP contribution in [0.15, 0.2) is 16.9 Å². The summed E-state index contributed by atoms with van der Waals surface area (Å²) >= 11 is 0. The van der Waals surface area contributed by atoms with E-state index in [9.17, 15) is 0 Å². The van der Waals surface area contributed by atoms with Gasteiger partial charge in [0.2, 0.25) is 0 Å². The lowest BCUT2D eigenvalue weighted by Gasteiger charge is -1.75. The van der Waals surface area contributed by atoms with E-state index in [-0.39, 0.29) is 6.10 Å². The molecule has 3 heteroatoms. The summed E-state index contributed by atoms with van der Waals surface area (Å²) in [5, 5.41) is 3.68. The highest BCUT2D eigenvalue weighted by molar-refractivity contribution is 5.04. The average molecular weight is 111 g/mol. The lowest BCUT2D eigenvalue weighted by atomic mass is 10.3. The number of nitrogens with zero attached hydrogens (tertiary/aromatic N) is 1. The molecule has 0 aromatic carbocycles. The van der Waals surface area contributed by atoms with Gasteiger partial charge in [0.05, 0.1) is 6.61 Å². The van der Waals surface area contributed by atoms with Crippen LogP contribution in [-0.2, 0) is 4.74 Å². The fourth-order valence-electron chi connectivity index (χ4n) is 0.607. The van der Waals surface area contributed by atoms with E-state index in [2.05, 4.69) is 9.68 Å². The average Bonchev–Trinajstić information content (AvgIpc) is 2.49. The minimum Gasteiger partial charge on any atom is -0.366 e. The lowest BCUT2D eigenvalue weighted by molar-refractivity contribution is 0.376. The van der Waals surface area contributed by atoms with E-state index in [1.807, 2.05) is 6.07 Å². The van der Waals surface area contributed by atoms with E-state index in [1.165, 1.54) is 0 Å². The molecule has 1 aliphatic heterocycles. The molecule has 1 aromatic heterocycles. The van der Waals surface area contributed by atoms with Gasteiger partial charge < -0.3 is 9.26 Å². The zero-order valence-electron chi connectivity index (χ0n) is 4.20. The predicted octanol–water partition coefficient (Wildman–Crippen LogP) is 0.746. The Balaban J connectivity index is 2.28. The molecule has 0 aliphatic carbocycles. The molecular weight excluding hydrogens is 106 g/mol. The molecule has 2 heterocycles. The van der Waals surface area contributed by atoms with Crippen molar-refractivity contribution in [2.45, 2.75) is 6.10 Å². The summed E-state index contributed by atoms with van der Waals surface area (Å²) in [4.78, 5) is 0. The molecule has 1 fully saturated rings. The first-order chi connectivity index (χ1) is 3.97. The topological polar surface area (TPSA) is 38.6 Å². The maximum atomic E-state index is 4.93. The van der Waals surface area contributed by atoms with E-state index in [4.69, 9.17) is 4.74 Å². The largest absolute Gasteiger partial charge is 0.366 e. The Morgan fingerprint density at radius 1 is 1.75 bits per heavy atom. The van der Waals surface area contributed by atoms with E-state index < -0.39 is 0 Å². The number of ether oxygens (including phenoxy) is 1. The van der Waals surface area contributed by atoms with Crippen molar-refractivity contribution in [3.8, 4) is 0 Å². The molecule has 2 rings (SSSR count). The third-order valence-electron chi connectivity index (χ3n) is 1.12. The Kier molecular flexibility index (Phi) is 0.676. The SMILES string of the molecule is c1cc(C2CO2)no1. The Labute approximate surface area is 46.2 Å². The summed E-state index contributed by atoms with van der Waals surface area (Å²) in [5.74, 6) is 0. The minimum atomic E-state index is 0.230. The first-order valence-electron chi connectivity index (χ1n) is 2.49. The van der Waals surface area contributed by atoms with Crippen LogP contribution in [0, 0.1) is 0 Å². The quantitative estimate of drug-likeness (QED) is 0.502. The van der Waals surface area contributed by atoms with Crippen LogP contribution in [0.5, 0.6) is 0 Å². The van der Waals surface area contributed by atoms with Gasteiger partial charge in [-0.3, -0.25) is 0 Å². The first kappa shape index (κ1) is 4.09. The van der Waals surface area contributed by atoms with E-state index in [0.29, 0.717) is 0 Å². The van der Waals surface area contributed by atoms with Crippen molar-refractivity contribution in [3.63, 3.8) is 0 Å². The first-order valence-corrected chi connectivity index (χ1v) is 2.49. The van der Waals surface area contributed by atoms with Crippen molar-refractivity contribution in [1.82, 2.24) is 5.16 Å². The fraction of sp³-hybridized carbons (Fsp3) is 0.400. The minimum absolute atomic E-state index is 0.230. The highest BCUT2D eigenvalue weighted by Gasteiger charge is 2.26. The van der Waals surface area contributed by atoms with Gasteiger partial charge in [0, 0.05) is 6.07 Å². The zero-order valence-corrected chi connectivity index (χ0v) is 4.20. The summed E-state index contributed by atoms with van der Waals surface area (Å²) in [6, 6.07) is 1.82. The Hall–Kier alpha value is -0.830. The van der Waals surface area contributed by atoms with Crippen LogP contribution in [0.2, 0.25) is 0 Å².